The summed E-state index contributed by atoms with van der Waals surface area (Å²) in [6.45, 7) is 9.68. The van der Waals surface area contributed by atoms with Gasteiger partial charge in [0.2, 0.25) is 0 Å². The molecular formula is C15H22Cl2N2. The average molecular weight is 301 g/mol. The molecule has 19 heavy (non-hydrogen) atoms. The fourth-order valence-corrected chi connectivity index (χ4v) is 2.97. The first-order chi connectivity index (χ1) is 8.94. The highest BCUT2D eigenvalue weighted by atomic mass is 35.5. The van der Waals surface area contributed by atoms with Gasteiger partial charge >= 0.3 is 0 Å². The molecule has 0 radical (unpaired) electrons. The van der Waals surface area contributed by atoms with Gasteiger partial charge in [-0.25, -0.2) is 0 Å². The van der Waals surface area contributed by atoms with E-state index in [1.54, 1.807) is 0 Å². The van der Waals surface area contributed by atoms with Gasteiger partial charge < -0.3 is 5.32 Å². The van der Waals surface area contributed by atoms with Gasteiger partial charge in [0.15, 0.2) is 0 Å². The second-order valence-electron chi connectivity index (χ2n) is 5.75. The molecule has 2 nitrogen and oxygen atoms in total. The zero-order chi connectivity index (χ0) is 14.0. The highest BCUT2D eigenvalue weighted by molar-refractivity contribution is 6.33. The van der Waals surface area contributed by atoms with Crippen LogP contribution in [0.25, 0.3) is 0 Å². The minimum Gasteiger partial charge on any atom is -0.311 e. The molecule has 0 bridgehead atoms. The molecule has 1 N–H and O–H groups in total. The van der Waals surface area contributed by atoms with Gasteiger partial charge in [-0.1, -0.05) is 30.1 Å². The predicted molar refractivity (Wildman–Crippen MR) is 83.0 cm³/mol. The topological polar surface area (TPSA) is 15.3 Å². The second kappa shape index (κ2) is 6.01. The summed E-state index contributed by atoms with van der Waals surface area (Å²) in [6.07, 6.45) is 1.12. The largest absolute Gasteiger partial charge is 0.311 e. The molecule has 106 valence electrons. The normalized spacial score (nSPS) is 28.6. The molecule has 0 amide bonds. The van der Waals surface area contributed by atoms with Crippen LogP contribution in [0.3, 0.4) is 0 Å². The van der Waals surface area contributed by atoms with Gasteiger partial charge in [0.1, 0.15) is 0 Å². The van der Waals surface area contributed by atoms with Crippen LogP contribution in [-0.4, -0.2) is 29.6 Å². The third-order valence-electron chi connectivity index (χ3n) is 4.22. The van der Waals surface area contributed by atoms with E-state index in [0.29, 0.717) is 6.04 Å². The van der Waals surface area contributed by atoms with Crippen molar-refractivity contribution in [3.05, 3.63) is 33.8 Å². The first-order valence-electron chi connectivity index (χ1n) is 6.87. The Morgan fingerprint density at radius 3 is 2.84 bits per heavy atom. The van der Waals surface area contributed by atoms with Crippen molar-refractivity contribution >= 4 is 23.2 Å². The minimum atomic E-state index is 0.179. The molecule has 2 atom stereocenters. The van der Waals surface area contributed by atoms with Crippen molar-refractivity contribution in [2.24, 2.45) is 0 Å². The van der Waals surface area contributed by atoms with Crippen LogP contribution in [0.4, 0.5) is 0 Å². The number of piperazine rings is 1. The number of benzene rings is 1. The lowest BCUT2D eigenvalue weighted by Gasteiger charge is -2.47. The molecule has 1 aliphatic heterocycles. The summed E-state index contributed by atoms with van der Waals surface area (Å²) in [5, 5.41) is 5.12. The van der Waals surface area contributed by atoms with Crippen LogP contribution in [0.1, 0.15) is 32.8 Å². The first kappa shape index (κ1) is 15.1. The van der Waals surface area contributed by atoms with Crippen molar-refractivity contribution in [3.8, 4) is 0 Å². The molecule has 1 aliphatic rings. The van der Waals surface area contributed by atoms with Crippen molar-refractivity contribution in [2.45, 2.75) is 45.3 Å². The Morgan fingerprint density at radius 2 is 2.16 bits per heavy atom. The van der Waals surface area contributed by atoms with Crippen molar-refractivity contribution in [3.63, 3.8) is 0 Å². The molecule has 0 aromatic heterocycles. The molecular weight excluding hydrogens is 279 g/mol. The van der Waals surface area contributed by atoms with E-state index < -0.39 is 0 Å². The molecule has 1 saturated heterocycles. The number of nitrogens with one attached hydrogen (secondary N) is 1. The predicted octanol–water partition coefficient (Wildman–Crippen LogP) is 3.96. The summed E-state index contributed by atoms with van der Waals surface area (Å²) in [5.74, 6) is 0. The highest BCUT2D eigenvalue weighted by Gasteiger charge is 2.35. The Labute approximate surface area is 126 Å². The van der Waals surface area contributed by atoms with Gasteiger partial charge in [-0.3, -0.25) is 4.90 Å². The minimum absolute atomic E-state index is 0.179. The molecule has 1 aromatic rings. The quantitative estimate of drug-likeness (QED) is 0.909. The number of halogens is 2. The molecule has 0 spiro atoms. The van der Waals surface area contributed by atoms with E-state index in [0.717, 1.165) is 41.7 Å². The summed E-state index contributed by atoms with van der Waals surface area (Å²) in [6, 6.07) is 6.21. The summed E-state index contributed by atoms with van der Waals surface area (Å²) in [7, 11) is 0. The van der Waals surface area contributed by atoms with E-state index in [9.17, 15) is 0 Å². The van der Waals surface area contributed by atoms with Crippen LogP contribution >= 0.6 is 23.2 Å². The molecule has 2 unspecified atom stereocenters. The van der Waals surface area contributed by atoms with Gasteiger partial charge in [-0.15, -0.1) is 0 Å². The first-order valence-corrected chi connectivity index (χ1v) is 7.62. The molecule has 2 rings (SSSR count). The zero-order valence-electron chi connectivity index (χ0n) is 11.8. The lowest BCUT2D eigenvalue weighted by Crippen LogP contribution is -2.61. The van der Waals surface area contributed by atoms with E-state index in [1.165, 1.54) is 0 Å². The van der Waals surface area contributed by atoms with Crippen LogP contribution in [0, 0.1) is 0 Å². The van der Waals surface area contributed by atoms with Crippen LogP contribution in [-0.2, 0) is 6.54 Å². The van der Waals surface area contributed by atoms with E-state index in [2.05, 4.69) is 31.0 Å². The Balaban J connectivity index is 2.21. The maximum absolute atomic E-state index is 6.29. The van der Waals surface area contributed by atoms with Gasteiger partial charge in [-0.2, -0.15) is 0 Å². The molecule has 1 aromatic carbocycles. The second-order valence-corrected chi connectivity index (χ2v) is 6.59. The summed E-state index contributed by atoms with van der Waals surface area (Å²) < 4.78 is 0. The molecule has 4 heteroatoms. The van der Waals surface area contributed by atoms with Crippen molar-refractivity contribution in [1.82, 2.24) is 10.2 Å². The summed E-state index contributed by atoms with van der Waals surface area (Å²) in [4.78, 5) is 2.52. The Kier molecular flexibility index (Phi) is 4.78. The maximum atomic E-state index is 6.29. The van der Waals surface area contributed by atoms with Crippen molar-refractivity contribution in [1.29, 1.82) is 0 Å². The van der Waals surface area contributed by atoms with Crippen molar-refractivity contribution < 1.29 is 0 Å². The van der Waals surface area contributed by atoms with Gasteiger partial charge in [-0.05, 0) is 44.0 Å². The Hall–Kier alpha value is -0.280. The standard InChI is InChI=1S/C15H22Cl2N2/c1-4-15(3)10-18-11(2)8-19(15)9-12-7-13(16)5-6-14(12)17/h5-7,11,18H,4,8-10H2,1-3H3. The van der Waals surface area contributed by atoms with E-state index in [1.807, 2.05) is 18.2 Å². The Morgan fingerprint density at radius 1 is 1.42 bits per heavy atom. The smallest absolute Gasteiger partial charge is 0.0452 e. The summed E-state index contributed by atoms with van der Waals surface area (Å²) >= 11 is 12.4. The summed E-state index contributed by atoms with van der Waals surface area (Å²) in [5.41, 5.74) is 1.29. The number of hydrogen-bond acceptors (Lipinski definition) is 2. The molecule has 1 heterocycles. The fourth-order valence-electron chi connectivity index (χ4n) is 2.60. The molecule has 1 fully saturated rings. The number of hydrogen-bond donors (Lipinski definition) is 1. The van der Waals surface area contributed by atoms with E-state index >= 15 is 0 Å². The monoisotopic (exact) mass is 300 g/mol. The third-order valence-corrected chi connectivity index (χ3v) is 4.82. The van der Waals surface area contributed by atoms with Crippen LogP contribution < -0.4 is 5.32 Å². The maximum Gasteiger partial charge on any atom is 0.0452 e. The average Bonchev–Trinajstić information content (AvgIpc) is 2.38. The van der Waals surface area contributed by atoms with Gasteiger partial charge in [0, 0.05) is 41.3 Å². The molecule has 0 saturated carbocycles. The third kappa shape index (κ3) is 3.43. The Bertz CT molecular complexity index is 450. The lowest BCUT2D eigenvalue weighted by atomic mass is 9.91. The van der Waals surface area contributed by atoms with Crippen LogP contribution in [0.15, 0.2) is 18.2 Å². The van der Waals surface area contributed by atoms with Crippen LogP contribution in [0.2, 0.25) is 10.0 Å². The van der Waals surface area contributed by atoms with Crippen LogP contribution in [0.5, 0.6) is 0 Å². The number of nitrogens with zero attached hydrogens (tertiary/aromatic N) is 1. The SMILES string of the molecule is CCC1(C)CNC(C)CN1Cc1cc(Cl)ccc1Cl. The molecule has 0 aliphatic carbocycles. The van der Waals surface area contributed by atoms with E-state index in [4.69, 9.17) is 23.2 Å². The number of rotatable bonds is 3. The lowest BCUT2D eigenvalue weighted by molar-refractivity contribution is 0.0453. The highest BCUT2D eigenvalue weighted by Crippen LogP contribution is 2.28. The fraction of sp³-hybridized carbons (Fsp3) is 0.600. The van der Waals surface area contributed by atoms with Gasteiger partial charge in [0.05, 0.1) is 0 Å². The van der Waals surface area contributed by atoms with Crippen molar-refractivity contribution in [2.75, 3.05) is 13.1 Å². The van der Waals surface area contributed by atoms with Gasteiger partial charge in [0.25, 0.3) is 0 Å². The zero-order valence-corrected chi connectivity index (χ0v) is 13.4. The van der Waals surface area contributed by atoms with E-state index in [-0.39, 0.29) is 5.54 Å².